The molecule has 2 aliphatic heterocycles. The van der Waals surface area contributed by atoms with Gasteiger partial charge in [0.05, 0.1) is 23.1 Å². The minimum atomic E-state index is -2.70. The van der Waals surface area contributed by atoms with Crippen molar-refractivity contribution in [2.24, 2.45) is 22.4 Å². The van der Waals surface area contributed by atoms with E-state index in [1.807, 2.05) is 13.8 Å². The van der Waals surface area contributed by atoms with E-state index in [9.17, 15) is 34.8 Å². The second-order valence-corrected chi connectivity index (χ2v) is 35.4. The molecule has 0 spiro atoms. The van der Waals surface area contributed by atoms with Gasteiger partial charge in [-0.3, -0.25) is 9.59 Å². The number of ether oxygens (including phenoxy) is 3. The number of aldehydes is 1. The molecule has 2 saturated heterocycles. The van der Waals surface area contributed by atoms with Crippen LogP contribution in [0.1, 0.15) is 169 Å². The molecule has 1 aromatic heterocycles. The number of alkyl halides is 4. The Labute approximate surface area is 663 Å². The van der Waals surface area contributed by atoms with Gasteiger partial charge in [0, 0.05) is 90.1 Å². The van der Waals surface area contributed by atoms with Crippen LogP contribution in [0.25, 0.3) is 0 Å². The van der Waals surface area contributed by atoms with Gasteiger partial charge in [0.15, 0.2) is 18.4 Å². The second kappa shape index (κ2) is 72.9. The second-order valence-electron chi connectivity index (χ2n) is 21.1. The minimum Gasteiger partial charge on any atom is -0.468 e. The Kier molecular flexibility index (Phi) is 68.8. The molecule has 0 radical (unpaired) electrons. The minimum absolute atomic E-state index is 0. The largest absolute Gasteiger partial charge is 1.00 e. The molecule has 17 N–H and O–H groups in total. The Hall–Kier alpha value is -1.38. The molecule has 2 aliphatic rings. The first-order chi connectivity index (χ1) is 47.4. The number of hydrogen-bond donors (Lipinski definition) is 11. The number of aliphatic hydroxyl groups excluding tert-OH is 1. The predicted octanol–water partition coefficient (Wildman–Crippen LogP) is 7.54. The van der Waals surface area contributed by atoms with Gasteiger partial charge in [-0.25, -0.2) is 4.98 Å². The van der Waals surface area contributed by atoms with Crippen LogP contribution in [0, 0.1) is 53.4 Å². The number of Topliss-reactive ketones (excluding diaryl/α,β-unsaturated/α-hetero) is 3. The number of carbonyl (C=O) groups is 4. The first-order valence-electron chi connectivity index (χ1n) is 33.6. The maximum absolute atomic E-state index is 11.1. The van der Waals surface area contributed by atoms with E-state index in [1.165, 1.54) is 19.3 Å². The molecule has 0 aliphatic carbocycles. The van der Waals surface area contributed by atoms with Crippen LogP contribution in [-0.4, -0.2) is 178 Å². The van der Waals surface area contributed by atoms with Crippen molar-refractivity contribution in [3.05, 3.63) is 29.6 Å². The summed E-state index contributed by atoms with van der Waals surface area (Å²) in [6, 6.07) is 0. The molecule has 1 aromatic rings. The average Bonchev–Trinajstić information content (AvgIpc) is 1.58. The van der Waals surface area contributed by atoms with Crippen LogP contribution in [0.15, 0.2) is 22.0 Å². The fourth-order valence-electron chi connectivity index (χ4n) is 2.49. The number of nitrogens with zero attached hydrogens (tertiary/aromatic N) is 4. The molecule has 0 bridgehead atoms. The van der Waals surface area contributed by atoms with Gasteiger partial charge in [-0.1, -0.05) is 134 Å². The van der Waals surface area contributed by atoms with Crippen molar-refractivity contribution in [2.45, 2.75) is 225 Å². The van der Waals surface area contributed by atoms with Crippen LogP contribution >= 0.6 is 120 Å². The first kappa shape index (κ1) is 88.7. The summed E-state index contributed by atoms with van der Waals surface area (Å²) >= 11 is 24.6. The zero-order valence-corrected chi connectivity index (χ0v) is 71.5. The number of hydrogen-bond acceptors (Lipinski definition) is 20. The summed E-state index contributed by atoms with van der Waals surface area (Å²) in [6.07, 6.45) is 16.5. The van der Waals surface area contributed by atoms with E-state index in [1.54, 1.807) is 32.7 Å². The van der Waals surface area contributed by atoms with E-state index in [0.717, 1.165) is 73.3 Å². The Morgan fingerprint density at radius 1 is 0.883 bits per heavy atom. The molecule has 3 heterocycles. The van der Waals surface area contributed by atoms with Gasteiger partial charge in [-0.05, 0) is 128 Å². The summed E-state index contributed by atoms with van der Waals surface area (Å²) in [5.74, 6) is 10.0. The molecule has 550 valence electrons. The van der Waals surface area contributed by atoms with Crippen LogP contribution in [0.3, 0.4) is 0 Å². The van der Waals surface area contributed by atoms with Gasteiger partial charge in [-0.15, -0.1) is 45.7 Å². The molecular formula is C60H115Br7ClLiN8O15Si2. The van der Waals surface area contributed by atoms with Gasteiger partial charge < -0.3 is 95.0 Å². The monoisotopic (exact) mass is 1850 g/mol. The number of aromatic nitrogens is 3. The van der Waals surface area contributed by atoms with E-state index >= 15 is 0 Å². The third kappa shape index (κ3) is 134. The number of halogens is 8. The van der Waals surface area contributed by atoms with Crippen molar-refractivity contribution in [2.75, 3.05) is 44.1 Å². The number of anilines is 1. The van der Waals surface area contributed by atoms with E-state index in [2.05, 4.69) is 221 Å². The summed E-state index contributed by atoms with van der Waals surface area (Å²) in [7, 11) is -1.39. The van der Waals surface area contributed by atoms with E-state index in [0.29, 0.717) is 13.1 Å². The van der Waals surface area contributed by atoms with Crippen LogP contribution in [-0.2, 0) is 39.0 Å². The summed E-state index contributed by atoms with van der Waals surface area (Å²) in [4.78, 5) is 48.4. The maximum Gasteiger partial charge on any atom is 1.00 e. The van der Waals surface area contributed by atoms with Crippen LogP contribution in [0.5, 0.6) is 0 Å². The van der Waals surface area contributed by atoms with Crippen molar-refractivity contribution in [3.63, 3.8) is 0 Å². The molecule has 0 amide bonds. The van der Waals surface area contributed by atoms with Crippen LogP contribution in [0.4, 0.5) is 5.95 Å². The van der Waals surface area contributed by atoms with E-state index < -0.39 is 105 Å². The smallest absolute Gasteiger partial charge is 0.468 e. The standard InChI is InChI=1S/C8H16OSi.C6H9BrO2.C6H10N4O.C5H8Br2O2.C5H9BrO2.C5H7BrO.C5H8O.C5H10Si.C4H8O.C4H9.C3H6O.C2H3ClO.CH6N4.CH4O.Br2.Li.H2O/c1-8(2,9)6-7-10(3,4)5;1-6(2)5(3-7)8-4-9-6;1-6(2,11)4-3-8-10-5(7)9-4;1-5(2,9)3(8)4(6)7;1-5(2,8)4(7)3-6;1-5(2,7)3-4-6;1-4-5(2,3)6;1-5-6(2,3)4;1-2-4-5-3-1;1-3-4-2;1-3(2)4;3-1-2-4;2-1(3)5-4;2*1-2;;/h9H,1-5H3;3H,4H2,1-2H3;3,11H,1-2H3,(H2,7,9,10);4,9H,1-2H3;8H,3H2,1-2H3;7H,1-2H3;1,6H,2-3H3;1H,2-4H3;1-4H2;1,3-4H2,2H3;1-2H3;2H,1H2;4H2,(H4,2,3,5);2H,1H3;;;1H2/q;;;;;;;;;-1;;;;;;+1;/b;5-3-;;;;;;;;;;;;;;;/i;;4*1D3;;;;;1D3;;;;;;. The van der Waals surface area contributed by atoms with E-state index in [4.69, 9.17) is 96.5 Å². The Bertz CT molecular complexity index is 2800. The Morgan fingerprint density at radius 2 is 1.29 bits per heavy atom. The molecule has 2 fully saturated rings. The van der Waals surface area contributed by atoms with Crippen LogP contribution in [0.2, 0.25) is 39.3 Å². The topological polar surface area (TPSA) is 424 Å². The number of nitrogens with two attached hydrogens (primary N) is 4. The Morgan fingerprint density at radius 3 is 1.43 bits per heavy atom. The molecule has 4 unspecified atom stereocenters. The van der Waals surface area contributed by atoms with Gasteiger partial charge in [-0.2, -0.15) is 11.5 Å². The van der Waals surface area contributed by atoms with Gasteiger partial charge >= 0.3 is 18.9 Å². The maximum atomic E-state index is 11.1. The molecule has 23 nitrogen and oxygen atoms in total. The van der Waals surface area contributed by atoms with Gasteiger partial charge in [0.25, 0.3) is 0 Å². The molecule has 34 heteroatoms. The number of terminal acetylenes is 2. The van der Waals surface area contributed by atoms with Gasteiger partial charge in [0.1, 0.15) is 76.9 Å². The molecule has 3 rings (SSSR count). The molecule has 4 atom stereocenters. The third-order valence-electron chi connectivity index (χ3n) is 6.96. The number of guanidine groups is 1. The summed E-state index contributed by atoms with van der Waals surface area (Å²) < 4.78 is 116. The van der Waals surface area contributed by atoms with Crippen LogP contribution < -0.4 is 41.9 Å². The number of hydrazone groups is 1. The zero-order valence-electron chi connectivity index (χ0n) is 72.6. The fraction of sp³-hybridized carbons (Fsp3) is 0.683. The molecule has 94 heavy (non-hydrogen) atoms. The average molecular weight is 1860 g/mol. The first-order valence-corrected chi connectivity index (χ1v) is 42.0. The van der Waals surface area contributed by atoms with Gasteiger partial charge in [0.2, 0.25) is 11.9 Å². The molecule has 0 aromatic carbocycles. The number of unbranched alkanes of at least 4 members (excludes halogenated alkanes) is 1. The SMILES string of the molecule is BrBr.C#CC(C)(C)O.C#C[Si](C)(C)C.C1CCOC1.CC(C)(O)C#C[Si](C)(C)C.CC1(C)OCO/C1=C\Br.CO.NN=C(N)N.O.O=CCCl.[2H]C([2H])([2H])C(C)(O)C#CBr.[2H]C([2H])([2H])C(C)(O)C(=O)C(Br)Br.[2H]C([2H])([2H])C(C)(O)C(=O)CBr.[2H]C([2H])([2H])C(C)(O)c1cnnc(N)n1.[2H]C([2H])([2H])C(C)=O.[CH2-]CCC.[Li+]. The molecule has 0 saturated carbocycles. The fourth-order valence-corrected chi connectivity index (χ4v) is 5.67. The third-order valence-corrected chi connectivity index (χ3v) is 10.8. The normalized spacial score (nSPS) is 17.3. The summed E-state index contributed by atoms with van der Waals surface area (Å²) in [5, 5.41) is 71.6. The number of rotatable bonds is 7. The van der Waals surface area contributed by atoms with Crippen molar-refractivity contribution in [3.8, 4) is 46.5 Å². The summed E-state index contributed by atoms with van der Waals surface area (Å²) in [6.45, 7) is 24.0. The number of ketones is 3. The van der Waals surface area contributed by atoms with Crippen molar-refractivity contribution in [1.82, 2.24) is 15.2 Å². The zero-order chi connectivity index (χ0) is 89.3. The van der Waals surface area contributed by atoms with Crippen molar-refractivity contribution in [1.29, 1.82) is 0 Å². The Balaban J connectivity index is -0.0000000754. The number of carbonyl (C=O) groups excluding carboxylic acids is 4. The van der Waals surface area contributed by atoms with Crippen molar-refractivity contribution < 1.29 is 114 Å². The predicted molar refractivity (Wildman–Crippen MR) is 416 cm³/mol. The van der Waals surface area contributed by atoms with E-state index in [-0.39, 0.29) is 58.7 Å². The number of nitrogen functional groups attached to an aromatic ring is 1. The number of aliphatic hydroxyl groups is 7. The summed E-state index contributed by atoms with van der Waals surface area (Å²) in [5.41, 5.74) is 9.79. The van der Waals surface area contributed by atoms with Crippen molar-refractivity contribution >= 4 is 171 Å². The molecular weight excluding hydrogens is 1730 g/mol. The quantitative estimate of drug-likeness (QED) is 0.0144.